The molecule has 2 saturated heterocycles. The number of nitrogens with two attached hydrogens (primary N) is 1. The maximum atomic E-state index is 13.5. The van der Waals surface area contributed by atoms with Gasteiger partial charge in [0.15, 0.2) is 23.5 Å². The quantitative estimate of drug-likeness (QED) is 0.231. The number of sulfone groups is 1. The predicted molar refractivity (Wildman–Crippen MR) is 118 cm³/mol. The van der Waals surface area contributed by atoms with Crippen molar-refractivity contribution < 1.29 is 32.2 Å². The van der Waals surface area contributed by atoms with Gasteiger partial charge in [-0.1, -0.05) is 11.6 Å². The van der Waals surface area contributed by atoms with E-state index >= 15 is 0 Å². The summed E-state index contributed by atoms with van der Waals surface area (Å²) in [5.74, 6) is -0.302. The number of H-pyrrole nitrogens is 1. The Morgan fingerprint density at radius 2 is 2.00 bits per heavy atom. The van der Waals surface area contributed by atoms with Crippen LogP contribution < -0.4 is 11.3 Å². The van der Waals surface area contributed by atoms with Gasteiger partial charge in [0, 0.05) is 5.02 Å². The SMILES string of the molecule is Nc1nc2c(nc(S(=O)(=O)c3ccc(Cl)cc3)n2[C@@H]2OC3CO[P+](O)(S)O[C@H]3C2O)c(=O)[nH]1. The molecule has 0 saturated carbocycles. The predicted octanol–water partition coefficient (Wildman–Crippen LogP) is 0.461. The van der Waals surface area contributed by atoms with E-state index in [-0.39, 0.29) is 28.6 Å². The molecule has 0 amide bonds. The molecule has 5 rings (SSSR count). The largest absolute Gasteiger partial charge is 0.476 e. The van der Waals surface area contributed by atoms with Gasteiger partial charge in [0.25, 0.3) is 5.56 Å². The van der Waals surface area contributed by atoms with E-state index in [1.54, 1.807) is 0 Å². The zero-order valence-corrected chi connectivity index (χ0v) is 19.6. The number of hydrogen-bond acceptors (Lipinski definition) is 12. The van der Waals surface area contributed by atoms with E-state index in [9.17, 15) is 23.2 Å². The molecule has 2 aliphatic rings. The Morgan fingerprint density at radius 1 is 1.30 bits per heavy atom. The monoisotopic (exact) mass is 536 g/mol. The fourth-order valence-corrected chi connectivity index (χ4v) is 6.67. The summed E-state index contributed by atoms with van der Waals surface area (Å²) in [4.78, 5) is 32.6. The standard InChI is InChI=1S/C16H15ClN5O8PS2/c17-6-1-3-7(4-2-6)33(26,27)16-19-9-12(20-15(18)21-13(9)24)22(16)14-10(23)11-8(29-14)5-28-31(25,32)30-11/h1-4,8,10-11,14,23,25,32H,5H2,(H2-,18,20,21,24)/p+1/t8?,10?,11-,14-,31?/m1/s1. The topological polar surface area (TPSA) is 192 Å². The van der Waals surface area contributed by atoms with Crippen LogP contribution in [0.5, 0.6) is 0 Å². The van der Waals surface area contributed by atoms with Crippen LogP contribution in [0, 0.1) is 0 Å². The third kappa shape index (κ3) is 3.83. The maximum absolute atomic E-state index is 13.5. The highest BCUT2D eigenvalue weighted by Gasteiger charge is 2.59. The van der Waals surface area contributed by atoms with E-state index in [2.05, 4.69) is 27.2 Å². The first kappa shape index (κ1) is 23.0. The minimum absolute atomic E-state index is 0.173. The zero-order valence-electron chi connectivity index (χ0n) is 16.3. The molecule has 0 bridgehead atoms. The lowest BCUT2D eigenvalue weighted by atomic mass is 10.1. The van der Waals surface area contributed by atoms with Gasteiger partial charge in [0.1, 0.15) is 18.8 Å². The van der Waals surface area contributed by atoms with Crippen LogP contribution in [-0.4, -0.2) is 62.9 Å². The minimum Gasteiger partial charge on any atom is -0.385 e. The van der Waals surface area contributed by atoms with Crippen LogP contribution in [0.1, 0.15) is 6.23 Å². The molecule has 0 radical (unpaired) electrons. The summed E-state index contributed by atoms with van der Waals surface area (Å²) < 4.78 is 44.2. The molecule has 2 fully saturated rings. The summed E-state index contributed by atoms with van der Waals surface area (Å²) in [7, 11) is -7.86. The highest BCUT2D eigenvalue weighted by Crippen LogP contribution is 2.66. The summed E-state index contributed by atoms with van der Waals surface area (Å²) in [5, 5.41) is 10.6. The zero-order chi connectivity index (χ0) is 23.7. The van der Waals surface area contributed by atoms with Gasteiger partial charge in [-0.3, -0.25) is 14.3 Å². The second-order valence-corrected chi connectivity index (χ2v) is 12.5. The Labute approximate surface area is 196 Å². The lowest BCUT2D eigenvalue weighted by molar-refractivity contribution is -0.0626. The van der Waals surface area contributed by atoms with Gasteiger partial charge in [0.05, 0.1) is 17.1 Å². The summed E-state index contributed by atoms with van der Waals surface area (Å²) in [6, 6.07) is 5.29. The third-order valence-corrected chi connectivity index (χ3v) is 8.68. The average Bonchev–Trinajstić information content (AvgIpc) is 3.26. The van der Waals surface area contributed by atoms with Crippen molar-refractivity contribution in [3.8, 4) is 0 Å². The Morgan fingerprint density at radius 3 is 2.70 bits per heavy atom. The van der Waals surface area contributed by atoms with E-state index in [0.717, 1.165) is 4.57 Å². The number of nitrogen functional groups attached to an aromatic ring is 1. The molecule has 1 aromatic carbocycles. The summed E-state index contributed by atoms with van der Waals surface area (Å²) in [5.41, 5.74) is 4.31. The number of thiol groups is 1. The fourth-order valence-electron chi connectivity index (χ4n) is 3.68. The van der Waals surface area contributed by atoms with Crippen LogP contribution in [-0.2, 0) is 23.6 Å². The first-order valence-corrected chi connectivity index (χ1v) is 13.9. The van der Waals surface area contributed by atoms with E-state index in [1.807, 2.05) is 0 Å². The Balaban J connectivity index is 1.71. The molecule has 3 unspecified atom stereocenters. The lowest BCUT2D eigenvalue weighted by Gasteiger charge is -2.25. The van der Waals surface area contributed by atoms with Crippen molar-refractivity contribution in [2.45, 2.75) is 34.6 Å². The van der Waals surface area contributed by atoms with Crippen molar-refractivity contribution in [2.75, 3.05) is 12.3 Å². The molecule has 2 aromatic heterocycles. The van der Waals surface area contributed by atoms with Crippen LogP contribution in [0.4, 0.5) is 5.95 Å². The molecule has 4 heterocycles. The summed E-state index contributed by atoms with van der Waals surface area (Å²) in [6.45, 7) is -0.173. The Kier molecular flexibility index (Phi) is 5.47. The minimum atomic E-state index is -4.36. The Bertz CT molecular complexity index is 1410. The van der Waals surface area contributed by atoms with E-state index in [4.69, 9.17) is 31.1 Å². The number of nitrogens with one attached hydrogen (secondary N) is 1. The highest BCUT2D eigenvalue weighted by molar-refractivity contribution is 8.47. The van der Waals surface area contributed by atoms with Crippen LogP contribution in [0.15, 0.2) is 39.1 Å². The molecule has 5 N–H and O–H groups in total. The molecule has 3 aromatic rings. The molecule has 0 aliphatic carbocycles. The average molecular weight is 537 g/mol. The van der Waals surface area contributed by atoms with Crippen molar-refractivity contribution in [3.05, 3.63) is 39.6 Å². The number of aliphatic hydroxyl groups excluding tert-OH is 1. The van der Waals surface area contributed by atoms with Crippen molar-refractivity contribution >= 4 is 57.9 Å². The number of rotatable bonds is 3. The Hall–Kier alpha value is -1.81. The van der Waals surface area contributed by atoms with Crippen molar-refractivity contribution in [3.63, 3.8) is 0 Å². The van der Waals surface area contributed by atoms with Gasteiger partial charge in [-0.05, 0) is 24.3 Å². The molecule has 0 spiro atoms. The highest BCUT2D eigenvalue weighted by atomic mass is 35.5. The third-order valence-electron chi connectivity index (χ3n) is 5.13. The molecule has 2 aliphatic heterocycles. The van der Waals surface area contributed by atoms with E-state index in [1.165, 1.54) is 24.3 Å². The molecular weight excluding hydrogens is 521 g/mol. The van der Waals surface area contributed by atoms with Gasteiger partial charge in [-0.15, -0.1) is 0 Å². The van der Waals surface area contributed by atoms with Gasteiger partial charge in [-0.2, -0.15) is 18.9 Å². The molecular formula is C16H16ClN5O8PS2+. The molecule has 5 atom stereocenters. The summed E-state index contributed by atoms with van der Waals surface area (Å²) in [6.07, 6.45) is -4.90. The number of aromatic amines is 1. The number of fused-ring (bicyclic) bond motifs is 2. The number of nitrogens with zero attached hydrogens (tertiary/aromatic N) is 3. The van der Waals surface area contributed by atoms with Gasteiger partial charge < -0.3 is 15.6 Å². The molecule has 17 heteroatoms. The number of halogens is 1. The second-order valence-electron chi connectivity index (χ2n) is 7.26. The second kappa shape index (κ2) is 7.86. The number of aliphatic hydroxyl groups is 1. The number of imidazole rings is 1. The maximum Gasteiger partial charge on any atom is 0.476 e. The van der Waals surface area contributed by atoms with Crippen LogP contribution in [0.25, 0.3) is 11.2 Å². The van der Waals surface area contributed by atoms with Crippen molar-refractivity contribution in [1.29, 1.82) is 0 Å². The number of ether oxygens (including phenoxy) is 1. The van der Waals surface area contributed by atoms with Gasteiger partial charge in [0.2, 0.25) is 20.9 Å². The first-order chi connectivity index (χ1) is 15.5. The van der Waals surface area contributed by atoms with Crippen LogP contribution >= 0.6 is 31.0 Å². The fraction of sp³-hybridized carbons (Fsp3) is 0.312. The smallest absolute Gasteiger partial charge is 0.385 e. The molecule has 33 heavy (non-hydrogen) atoms. The number of anilines is 1. The van der Waals surface area contributed by atoms with E-state index in [0.29, 0.717) is 5.02 Å². The number of aromatic nitrogens is 4. The number of hydrogen-bond donors (Lipinski definition) is 5. The molecule has 176 valence electrons. The van der Waals surface area contributed by atoms with Gasteiger partial charge >= 0.3 is 7.15 Å². The first-order valence-electron chi connectivity index (χ1n) is 9.27. The normalized spacial score (nSPS) is 29.9. The van der Waals surface area contributed by atoms with Crippen molar-refractivity contribution in [1.82, 2.24) is 19.5 Å². The van der Waals surface area contributed by atoms with Gasteiger partial charge in [-0.25, -0.2) is 13.4 Å². The lowest BCUT2D eigenvalue weighted by Crippen LogP contribution is -2.39. The van der Waals surface area contributed by atoms with Crippen LogP contribution in [0.2, 0.25) is 5.02 Å². The molecule has 13 nitrogen and oxygen atoms in total. The van der Waals surface area contributed by atoms with Crippen molar-refractivity contribution in [2.24, 2.45) is 0 Å². The number of benzene rings is 1. The van der Waals surface area contributed by atoms with E-state index < -0.39 is 52.2 Å². The summed E-state index contributed by atoms with van der Waals surface area (Å²) >= 11 is 9.78. The van der Waals surface area contributed by atoms with Crippen LogP contribution in [0.3, 0.4) is 0 Å².